The molecule has 0 spiro atoms. The van der Waals surface area contributed by atoms with E-state index in [9.17, 15) is 17.6 Å². The van der Waals surface area contributed by atoms with Crippen molar-refractivity contribution in [3.63, 3.8) is 0 Å². The van der Waals surface area contributed by atoms with Gasteiger partial charge in [0.1, 0.15) is 5.82 Å². The molecule has 0 atom stereocenters. The Morgan fingerprint density at radius 1 is 1.20 bits per heavy atom. The molecule has 1 fully saturated rings. The van der Waals surface area contributed by atoms with Crippen LogP contribution in [0.5, 0.6) is 0 Å². The number of nitrogens with zero attached hydrogens (tertiary/aromatic N) is 2. The summed E-state index contributed by atoms with van der Waals surface area (Å²) in [6.07, 6.45) is 2.39. The molecule has 1 aliphatic heterocycles. The normalized spacial score (nSPS) is 15.3. The highest BCUT2D eigenvalue weighted by molar-refractivity contribution is 7.93. The van der Waals surface area contributed by atoms with E-state index in [1.165, 1.54) is 16.6 Å². The SMILES string of the molecule is O=C(CCc1ncc(-c2ccccc2F)o1)Nc1cccc(N2CCCS2(=O)=O)c1. The third-order valence-corrected chi connectivity index (χ3v) is 6.65. The molecule has 7 nitrogen and oxygen atoms in total. The minimum atomic E-state index is -3.28. The van der Waals surface area contributed by atoms with Gasteiger partial charge in [-0.05, 0) is 36.8 Å². The van der Waals surface area contributed by atoms with Crippen molar-refractivity contribution >= 4 is 27.3 Å². The van der Waals surface area contributed by atoms with Crippen molar-refractivity contribution in [1.82, 2.24) is 4.98 Å². The molecule has 30 heavy (non-hydrogen) atoms. The lowest BCUT2D eigenvalue weighted by Gasteiger charge is -2.17. The van der Waals surface area contributed by atoms with Crippen molar-refractivity contribution in [1.29, 1.82) is 0 Å². The van der Waals surface area contributed by atoms with Gasteiger partial charge in [-0.3, -0.25) is 9.10 Å². The molecule has 1 saturated heterocycles. The number of hydrogen-bond donors (Lipinski definition) is 1. The van der Waals surface area contributed by atoms with E-state index in [-0.39, 0.29) is 24.5 Å². The highest BCUT2D eigenvalue weighted by Gasteiger charge is 2.28. The van der Waals surface area contributed by atoms with Crippen LogP contribution in [0.2, 0.25) is 0 Å². The van der Waals surface area contributed by atoms with Gasteiger partial charge < -0.3 is 9.73 Å². The van der Waals surface area contributed by atoms with Crippen LogP contribution < -0.4 is 9.62 Å². The summed E-state index contributed by atoms with van der Waals surface area (Å²) >= 11 is 0. The fraction of sp³-hybridized carbons (Fsp3) is 0.238. The molecule has 1 N–H and O–H groups in total. The third-order valence-electron chi connectivity index (χ3n) is 4.78. The van der Waals surface area contributed by atoms with E-state index in [0.717, 1.165) is 0 Å². The smallest absolute Gasteiger partial charge is 0.235 e. The molecular formula is C21H20FN3O4S. The number of aromatic nitrogens is 1. The minimum Gasteiger partial charge on any atom is -0.441 e. The van der Waals surface area contributed by atoms with E-state index in [0.29, 0.717) is 41.6 Å². The number of halogens is 1. The molecule has 1 amide bonds. The Hall–Kier alpha value is -3.20. The van der Waals surface area contributed by atoms with Gasteiger partial charge in [-0.15, -0.1) is 0 Å². The van der Waals surface area contributed by atoms with E-state index in [1.807, 2.05) is 0 Å². The van der Waals surface area contributed by atoms with Crippen LogP contribution in [0.25, 0.3) is 11.3 Å². The zero-order valence-corrected chi connectivity index (χ0v) is 16.9. The van der Waals surface area contributed by atoms with Gasteiger partial charge in [0.2, 0.25) is 15.9 Å². The largest absolute Gasteiger partial charge is 0.441 e. The van der Waals surface area contributed by atoms with Crippen LogP contribution in [-0.4, -0.2) is 31.6 Å². The van der Waals surface area contributed by atoms with Crippen LogP contribution in [0.15, 0.2) is 59.1 Å². The van der Waals surface area contributed by atoms with E-state index < -0.39 is 15.8 Å². The van der Waals surface area contributed by atoms with Gasteiger partial charge in [-0.2, -0.15) is 0 Å². The molecule has 4 rings (SSSR count). The van der Waals surface area contributed by atoms with Crippen LogP contribution in [0.3, 0.4) is 0 Å². The number of benzene rings is 2. The second kappa shape index (κ2) is 8.27. The molecule has 9 heteroatoms. The van der Waals surface area contributed by atoms with Crippen molar-refractivity contribution in [2.24, 2.45) is 0 Å². The summed E-state index contributed by atoms with van der Waals surface area (Å²) in [6, 6.07) is 13.0. The lowest BCUT2D eigenvalue weighted by atomic mass is 10.2. The molecule has 156 valence electrons. The van der Waals surface area contributed by atoms with Crippen molar-refractivity contribution in [2.75, 3.05) is 21.9 Å². The maximum Gasteiger partial charge on any atom is 0.235 e. The summed E-state index contributed by atoms with van der Waals surface area (Å²) < 4.78 is 44.9. The van der Waals surface area contributed by atoms with Crippen LogP contribution in [0.4, 0.5) is 15.8 Å². The zero-order valence-electron chi connectivity index (χ0n) is 16.0. The summed E-state index contributed by atoms with van der Waals surface area (Å²) in [5, 5.41) is 2.76. The van der Waals surface area contributed by atoms with Gasteiger partial charge in [0, 0.05) is 25.1 Å². The Morgan fingerprint density at radius 3 is 2.80 bits per heavy atom. The van der Waals surface area contributed by atoms with Crippen LogP contribution in [0.1, 0.15) is 18.7 Å². The van der Waals surface area contributed by atoms with Crippen molar-refractivity contribution in [3.8, 4) is 11.3 Å². The Labute approximate surface area is 173 Å². The molecule has 1 aromatic heterocycles. The predicted molar refractivity (Wildman–Crippen MR) is 111 cm³/mol. The van der Waals surface area contributed by atoms with Crippen molar-refractivity contribution in [2.45, 2.75) is 19.3 Å². The average molecular weight is 429 g/mol. The number of oxazole rings is 1. The van der Waals surface area contributed by atoms with Gasteiger partial charge in [-0.1, -0.05) is 18.2 Å². The second-order valence-corrected chi connectivity index (χ2v) is 8.95. The van der Waals surface area contributed by atoms with Gasteiger partial charge in [0.05, 0.1) is 23.2 Å². The van der Waals surface area contributed by atoms with Gasteiger partial charge in [0.25, 0.3) is 0 Å². The van der Waals surface area contributed by atoms with Gasteiger partial charge >= 0.3 is 0 Å². The lowest BCUT2D eigenvalue weighted by Crippen LogP contribution is -2.25. The number of carbonyl (C=O) groups excluding carboxylic acids is 1. The maximum atomic E-state index is 13.8. The van der Waals surface area contributed by atoms with Crippen LogP contribution in [-0.2, 0) is 21.2 Å². The third kappa shape index (κ3) is 4.35. The van der Waals surface area contributed by atoms with E-state index in [2.05, 4.69) is 10.3 Å². The van der Waals surface area contributed by atoms with E-state index >= 15 is 0 Å². The molecule has 2 heterocycles. The summed E-state index contributed by atoms with van der Waals surface area (Å²) in [7, 11) is -3.28. The topological polar surface area (TPSA) is 92.5 Å². The number of hydrogen-bond acceptors (Lipinski definition) is 5. The fourth-order valence-electron chi connectivity index (χ4n) is 3.32. The summed E-state index contributed by atoms with van der Waals surface area (Å²) in [4.78, 5) is 16.4. The molecule has 0 saturated carbocycles. The predicted octanol–water partition coefficient (Wildman–Crippen LogP) is 3.59. The fourth-order valence-corrected chi connectivity index (χ4v) is 4.88. The van der Waals surface area contributed by atoms with Crippen molar-refractivity contribution < 1.29 is 22.0 Å². The number of rotatable bonds is 6. The van der Waals surface area contributed by atoms with Crippen molar-refractivity contribution in [3.05, 3.63) is 66.4 Å². The molecule has 0 radical (unpaired) electrons. The Kier molecular flexibility index (Phi) is 5.54. The Bertz CT molecular complexity index is 1180. The number of aryl methyl sites for hydroxylation is 1. The molecule has 2 aromatic carbocycles. The Morgan fingerprint density at radius 2 is 2.03 bits per heavy atom. The second-order valence-electron chi connectivity index (χ2n) is 6.94. The first kappa shape index (κ1) is 20.1. The zero-order chi connectivity index (χ0) is 21.1. The molecule has 1 aliphatic rings. The van der Waals surface area contributed by atoms with Crippen LogP contribution >= 0.6 is 0 Å². The Balaban J connectivity index is 1.37. The average Bonchev–Trinajstić information content (AvgIpc) is 3.33. The van der Waals surface area contributed by atoms with Crippen LogP contribution in [0, 0.1) is 5.82 Å². The first-order chi connectivity index (χ1) is 14.4. The number of amides is 1. The summed E-state index contributed by atoms with van der Waals surface area (Å²) in [6.45, 7) is 0.439. The number of anilines is 2. The number of carbonyl (C=O) groups is 1. The highest BCUT2D eigenvalue weighted by Crippen LogP contribution is 2.27. The number of nitrogens with one attached hydrogen (secondary N) is 1. The molecule has 0 unspecified atom stereocenters. The summed E-state index contributed by atoms with van der Waals surface area (Å²) in [5.74, 6) is 0.109. The van der Waals surface area contributed by atoms with E-state index in [4.69, 9.17) is 4.42 Å². The molecule has 0 aliphatic carbocycles. The first-order valence-electron chi connectivity index (χ1n) is 9.52. The molecular weight excluding hydrogens is 409 g/mol. The highest BCUT2D eigenvalue weighted by atomic mass is 32.2. The minimum absolute atomic E-state index is 0.115. The number of sulfonamides is 1. The van der Waals surface area contributed by atoms with Gasteiger partial charge in [0.15, 0.2) is 11.7 Å². The molecule has 3 aromatic rings. The summed E-state index contributed by atoms with van der Waals surface area (Å²) in [5.41, 5.74) is 1.36. The quantitative estimate of drug-likeness (QED) is 0.646. The maximum absolute atomic E-state index is 13.8. The first-order valence-corrected chi connectivity index (χ1v) is 11.1. The van der Waals surface area contributed by atoms with Gasteiger partial charge in [-0.25, -0.2) is 17.8 Å². The lowest BCUT2D eigenvalue weighted by molar-refractivity contribution is -0.116. The molecule has 0 bridgehead atoms. The standard InChI is InChI=1S/C21H20FN3O4S/c22-18-8-2-1-7-17(18)19-14-23-21(29-19)10-9-20(26)24-15-5-3-6-16(13-15)25-11-4-12-30(25,27)28/h1-3,5-8,13-14H,4,9-12H2,(H,24,26). The monoisotopic (exact) mass is 429 g/mol. The van der Waals surface area contributed by atoms with E-state index in [1.54, 1.807) is 42.5 Å².